The molecule has 0 aliphatic carbocycles. The Kier molecular flexibility index (Phi) is 5.23. The van der Waals surface area contributed by atoms with Crippen molar-refractivity contribution in [2.24, 2.45) is 0 Å². The fourth-order valence-corrected chi connectivity index (χ4v) is 4.87. The van der Waals surface area contributed by atoms with Crippen molar-refractivity contribution < 1.29 is 4.74 Å². The van der Waals surface area contributed by atoms with E-state index in [1.165, 1.54) is 5.69 Å². The molecule has 0 unspecified atom stereocenters. The summed E-state index contributed by atoms with van der Waals surface area (Å²) in [5.41, 5.74) is 4.36. The standard InChI is InChI=1S/C23H25N5OS/c1-16-9-10-20(28(16)17-6-4-11-24-14-17)22-21(19-8-2-3-12-25-19)26-23(30)27(22)15-18-7-5-13-29-18/h2-4,6,8-12,14,18,21-22H,5,7,13,15H2,1H3,(H,26,30)/t18-,21+,22-/m1/s1. The molecule has 0 amide bonds. The predicted octanol–water partition coefficient (Wildman–Crippen LogP) is 3.73. The molecule has 30 heavy (non-hydrogen) atoms. The van der Waals surface area contributed by atoms with Crippen molar-refractivity contribution in [3.05, 3.63) is 78.1 Å². The second-order valence-corrected chi connectivity index (χ2v) is 8.25. The number of ether oxygens (including phenoxy) is 1. The molecule has 2 saturated heterocycles. The maximum atomic E-state index is 5.95. The second kappa shape index (κ2) is 8.16. The van der Waals surface area contributed by atoms with Crippen molar-refractivity contribution in [2.45, 2.75) is 38.0 Å². The number of nitrogens with one attached hydrogen (secondary N) is 1. The van der Waals surface area contributed by atoms with Crippen LogP contribution in [-0.4, -0.2) is 43.8 Å². The molecule has 0 spiro atoms. The van der Waals surface area contributed by atoms with E-state index in [1.807, 2.05) is 30.6 Å². The molecule has 5 rings (SSSR count). The van der Waals surface area contributed by atoms with Crippen LogP contribution in [0.1, 0.15) is 42.0 Å². The second-order valence-electron chi connectivity index (χ2n) is 7.86. The molecule has 0 radical (unpaired) electrons. The van der Waals surface area contributed by atoms with E-state index in [-0.39, 0.29) is 18.2 Å². The first kappa shape index (κ1) is 19.2. The van der Waals surface area contributed by atoms with E-state index < -0.39 is 0 Å². The maximum absolute atomic E-state index is 5.95. The molecule has 0 saturated carbocycles. The van der Waals surface area contributed by atoms with Gasteiger partial charge in [-0.05, 0) is 68.4 Å². The van der Waals surface area contributed by atoms with Gasteiger partial charge in [0.25, 0.3) is 0 Å². The predicted molar refractivity (Wildman–Crippen MR) is 119 cm³/mol. The Labute approximate surface area is 181 Å². The molecule has 154 valence electrons. The van der Waals surface area contributed by atoms with Crippen molar-refractivity contribution in [3.8, 4) is 5.69 Å². The van der Waals surface area contributed by atoms with Crippen molar-refractivity contribution >= 4 is 17.3 Å². The highest BCUT2D eigenvalue weighted by Gasteiger charge is 2.42. The van der Waals surface area contributed by atoms with E-state index in [2.05, 4.69) is 55.9 Å². The largest absolute Gasteiger partial charge is 0.376 e. The first-order valence-corrected chi connectivity index (χ1v) is 10.8. The Morgan fingerprint density at radius 2 is 2.10 bits per heavy atom. The lowest BCUT2D eigenvalue weighted by Crippen LogP contribution is -2.36. The third kappa shape index (κ3) is 3.48. The molecule has 2 aliphatic rings. The van der Waals surface area contributed by atoms with Crippen LogP contribution >= 0.6 is 12.2 Å². The van der Waals surface area contributed by atoms with Gasteiger partial charge in [0.15, 0.2) is 5.11 Å². The molecule has 1 N–H and O–H groups in total. The van der Waals surface area contributed by atoms with Gasteiger partial charge in [0.2, 0.25) is 0 Å². The van der Waals surface area contributed by atoms with Gasteiger partial charge in [-0.25, -0.2) is 0 Å². The number of nitrogens with zero attached hydrogens (tertiary/aromatic N) is 4. The van der Waals surface area contributed by atoms with Crippen LogP contribution in [0.5, 0.6) is 0 Å². The van der Waals surface area contributed by atoms with Gasteiger partial charge in [-0.2, -0.15) is 0 Å². The minimum atomic E-state index is -0.0372. The van der Waals surface area contributed by atoms with Crippen molar-refractivity contribution in [1.29, 1.82) is 0 Å². The fourth-order valence-electron chi connectivity index (χ4n) is 4.56. The molecule has 6 nitrogen and oxygen atoms in total. The summed E-state index contributed by atoms with van der Waals surface area (Å²) in [6.07, 6.45) is 7.93. The van der Waals surface area contributed by atoms with E-state index in [1.54, 1.807) is 6.20 Å². The zero-order chi connectivity index (χ0) is 20.5. The quantitative estimate of drug-likeness (QED) is 0.636. The third-order valence-electron chi connectivity index (χ3n) is 5.94. The molecular weight excluding hydrogens is 394 g/mol. The van der Waals surface area contributed by atoms with E-state index >= 15 is 0 Å². The van der Waals surface area contributed by atoms with E-state index in [4.69, 9.17) is 17.0 Å². The SMILES string of the molecule is Cc1ccc([C@@H]2[C@H](c3ccccn3)NC(=S)N2C[C@H]2CCCO2)n1-c1cccnc1. The monoisotopic (exact) mass is 419 g/mol. The Hall–Kier alpha value is -2.77. The van der Waals surface area contributed by atoms with Crippen LogP contribution in [0.2, 0.25) is 0 Å². The van der Waals surface area contributed by atoms with Crippen LogP contribution < -0.4 is 5.32 Å². The van der Waals surface area contributed by atoms with Gasteiger partial charge < -0.3 is 19.5 Å². The fraction of sp³-hybridized carbons (Fsp3) is 0.348. The maximum Gasteiger partial charge on any atom is 0.170 e. The lowest BCUT2D eigenvalue weighted by atomic mass is 10.0. The zero-order valence-electron chi connectivity index (χ0n) is 16.9. The lowest BCUT2D eigenvalue weighted by Gasteiger charge is -2.30. The minimum Gasteiger partial charge on any atom is -0.376 e. The molecule has 7 heteroatoms. The summed E-state index contributed by atoms with van der Waals surface area (Å²) in [5, 5.41) is 4.29. The molecule has 0 aromatic carbocycles. The van der Waals surface area contributed by atoms with Gasteiger partial charge >= 0.3 is 0 Å². The number of aryl methyl sites for hydroxylation is 1. The van der Waals surface area contributed by atoms with Crippen molar-refractivity contribution in [1.82, 2.24) is 24.8 Å². The van der Waals surface area contributed by atoms with Gasteiger partial charge in [0, 0.05) is 36.9 Å². The Balaban J connectivity index is 1.60. The highest BCUT2D eigenvalue weighted by Crippen LogP contribution is 2.40. The Bertz CT molecular complexity index is 1020. The molecular formula is C23H25N5OS. The van der Waals surface area contributed by atoms with E-state index in [0.29, 0.717) is 0 Å². The first-order chi connectivity index (χ1) is 14.7. The average molecular weight is 420 g/mol. The van der Waals surface area contributed by atoms with Crippen LogP contribution in [0.3, 0.4) is 0 Å². The highest BCUT2D eigenvalue weighted by molar-refractivity contribution is 7.80. The number of thiocarbonyl (C=S) groups is 1. The summed E-state index contributed by atoms with van der Waals surface area (Å²) < 4.78 is 8.22. The summed E-state index contributed by atoms with van der Waals surface area (Å²) >= 11 is 5.81. The normalized spacial score (nSPS) is 23.7. The molecule has 0 bridgehead atoms. The first-order valence-electron chi connectivity index (χ1n) is 10.4. The lowest BCUT2D eigenvalue weighted by molar-refractivity contribution is 0.0836. The van der Waals surface area contributed by atoms with Crippen LogP contribution in [-0.2, 0) is 4.74 Å². The van der Waals surface area contributed by atoms with E-state index in [0.717, 1.165) is 48.2 Å². The molecule has 3 aromatic rings. The highest BCUT2D eigenvalue weighted by atomic mass is 32.1. The number of pyridine rings is 2. The third-order valence-corrected chi connectivity index (χ3v) is 6.29. The number of hydrogen-bond donors (Lipinski definition) is 1. The molecule has 5 heterocycles. The van der Waals surface area contributed by atoms with Gasteiger partial charge in [-0.1, -0.05) is 6.07 Å². The van der Waals surface area contributed by atoms with E-state index in [9.17, 15) is 0 Å². The molecule has 2 fully saturated rings. The summed E-state index contributed by atoms with van der Waals surface area (Å²) in [6, 6.07) is 14.4. The van der Waals surface area contributed by atoms with Crippen LogP contribution in [0.4, 0.5) is 0 Å². The minimum absolute atomic E-state index is 0.00510. The van der Waals surface area contributed by atoms with Gasteiger partial charge in [0.1, 0.15) is 0 Å². The van der Waals surface area contributed by atoms with Crippen LogP contribution in [0.25, 0.3) is 5.69 Å². The molecule has 2 aliphatic heterocycles. The molecule has 3 atom stereocenters. The van der Waals surface area contributed by atoms with Gasteiger partial charge in [-0.3, -0.25) is 9.97 Å². The van der Waals surface area contributed by atoms with Crippen molar-refractivity contribution in [3.63, 3.8) is 0 Å². The van der Waals surface area contributed by atoms with Crippen molar-refractivity contribution in [2.75, 3.05) is 13.2 Å². The Morgan fingerprint density at radius 1 is 1.17 bits per heavy atom. The number of hydrogen-bond acceptors (Lipinski definition) is 4. The zero-order valence-corrected chi connectivity index (χ0v) is 17.8. The summed E-state index contributed by atoms with van der Waals surface area (Å²) in [6.45, 7) is 3.73. The summed E-state index contributed by atoms with van der Waals surface area (Å²) in [7, 11) is 0. The van der Waals surface area contributed by atoms with Gasteiger partial charge in [-0.15, -0.1) is 0 Å². The average Bonchev–Trinajstić information content (AvgIpc) is 3.50. The summed E-state index contributed by atoms with van der Waals surface area (Å²) in [4.78, 5) is 11.3. The van der Waals surface area contributed by atoms with Crippen LogP contribution in [0, 0.1) is 6.92 Å². The number of aromatic nitrogens is 3. The smallest absolute Gasteiger partial charge is 0.170 e. The van der Waals surface area contributed by atoms with Crippen LogP contribution in [0.15, 0.2) is 61.1 Å². The summed E-state index contributed by atoms with van der Waals surface area (Å²) in [5.74, 6) is 0. The number of rotatable bonds is 5. The Morgan fingerprint density at radius 3 is 2.83 bits per heavy atom. The molecule has 3 aromatic heterocycles. The topological polar surface area (TPSA) is 55.2 Å². The van der Waals surface area contributed by atoms with Gasteiger partial charge in [0.05, 0.1) is 35.8 Å².